The summed E-state index contributed by atoms with van der Waals surface area (Å²) in [5.74, 6) is 1.22. The molecule has 0 saturated carbocycles. The Morgan fingerprint density at radius 3 is 2.58 bits per heavy atom. The molecule has 0 aliphatic carbocycles. The zero-order valence-electron chi connectivity index (χ0n) is 14.6. The first-order valence-electron chi connectivity index (χ1n) is 8.55. The van der Waals surface area contributed by atoms with Gasteiger partial charge in [-0.3, -0.25) is 4.79 Å². The third kappa shape index (κ3) is 4.27. The van der Waals surface area contributed by atoms with Crippen LogP contribution in [-0.2, 0) is 10.5 Å². The smallest absolute Gasteiger partial charge is 0.225 e. The second-order valence-corrected chi connectivity index (χ2v) is 6.92. The van der Waals surface area contributed by atoms with Gasteiger partial charge in [0.1, 0.15) is 5.75 Å². The highest BCUT2D eigenvalue weighted by Crippen LogP contribution is 2.37. The molecular formula is C21H20N2O2S. The van der Waals surface area contributed by atoms with Gasteiger partial charge in [0.15, 0.2) is 0 Å². The van der Waals surface area contributed by atoms with Crippen molar-refractivity contribution in [3.8, 4) is 11.8 Å². The topological polar surface area (TPSA) is 62.1 Å². The van der Waals surface area contributed by atoms with E-state index in [4.69, 9.17) is 4.74 Å². The lowest BCUT2D eigenvalue weighted by atomic mass is 9.87. The Balaban J connectivity index is 1.84. The minimum absolute atomic E-state index is 0.0570. The van der Waals surface area contributed by atoms with Gasteiger partial charge >= 0.3 is 0 Å². The molecule has 1 amide bonds. The van der Waals surface area contributed by atoms with Crippen molar-refractivity contribution in [3.05, 3.63) is 76.3 Å². The van der Waals surface area contributed by atoms with Crippen molar-refractivity contribution in [1.29, 1.82) is 5.26 Å². The molecule has 0 bridgehead atoms. The Kier molecular flexibility index (Phi) is 5.98. The van der Waals surface area contributed by atoms with Crippen LogP contribution in [0.15, 0.2) is 65.2 Å². The number of ether oxygens (including phenoxy) is 1. The minimum atomic E-state index is -0.220. The summed E-state index contributed by atoms with van der Waals surface area (Å²) in [6.45, 7) is 2.54. The Morgan fingerprint density at radius 2 is 1.92 bits per heavy atom. The van der Waals surface area contributed by atoms with Crippen LogP contribution < -0.4 is 10.1 Å². The SMILES string of the molecule is CCOc1ccc([C@@H]2CC(=O)NC(SCc3ccccc3)=C2C#N)cc1. The normalized spacial score (nSPS) is 16.8. The molecule has 132 valence electrons. The number of thioether (sulfide) groups is 1. The second-order valence-electron chi connectivity index (χ2n) is 5.94. The first-order valence-corrected chi connectivity index (χ1v) is 9.53. The summed E-state index contributed by atoms with van der Waals surface area (Å²) in [4.78, 5) is 12.2. The molecule has 0 fully saturated rings. The lowest BCUT2D eigenvalue weighted by Gasteiger charge is -2.25. The number of nitrogens with one attached hydrogen (secondary N) is 1. The Hall–Kier alpha value is -2.71. The Bertz CT molecular complexity index is 839. The standard InChI is InChI=1S/C21H20N2O2S/c1-2-25-17-10-8-16(9-11-17)18-12-20(24)23-21(19(18)13-22)26-14-15-6-4-3-5-7-15/h3-11,18H,2,12,14H2,1H3,(H,23,24)/t18-/m0/s1. The quantitative estimate of drug-likeness (QED) is 0.827. The molecule has 0 radical (unpaired) electrons. The average molecular weight is 364 g/mol. The van der Waals surface area contributed by atoms with Gasteiger partial charge in [0.2, 0.25) is 5.91 Å². The van der Waals surface area contributed by atoms with Gasteiger partial charge in [-0.05, 0) is 30.2 Å². The van der Waals surface area contributed by atoms with E-state index in [1.807, 2.05) is 61.5 Å². The highest BCUT2D eigenvalue weighted by molar-refractivity contribution is 8.02. The van der Waals surface area contributed by atoms with Crippen LogP contribution in [0.4, 0.5) is 0 Å². The lowest BCUT2D eigenvalue weighted by Crippen LogP contribution is -2.30. The summed E-state index contributed by atoms with van der Waals surface area (Å²) < 4.78 is 5.47. The molecule has 1 N–H and O–H groups in total. The van der Waals surface area contributed by atoms with Crippen molar-refractivity contribution >= 4 is 17.7 Å². The molecule has 0 unspecified atom stereocenters. The summed E-state index contributed by atoms with van der Waals surface area (Å²) in [5, 5.41) is 13.3. The zero-order chi connectivity index (χ0) is 18.4. The minimum Gasteiger partial charge on any atom is -0.494 e. The molecule has 2 aromatic rings. The number of carbonyl (C=O) groups excluding carboxylic acids is 1. The number of allylic oxidation sites excluding steroid dienone is 1. The van der Waals surface area contributed by atoms with Crippen molar-refractivity contribution in [3.63, 3.8) is 0 Å². The number of benzene rings is 2. The van der Waals surface area contributed by atoms with Gasteiger partial charge in [0.05, 0.1) is 23.3 Å². The summed E-state index contributed by atoms with van der Waals surface area (Å²) >= 11 is 1.50. The van der Waals surface area contributed by atoms with Crippen LogP contribution in [0, 0.1) is 11.3 Å². The van der Waals surface area contributed by atoms with Crippen LogP contribution in [0.1, 0.15) is 30.4 Å². The average Bonchev–Trinajstić information content (AvgIpc) is 2.67. The maximum absolute atomic E-state index is 12.2. The molecule has 1 atom stereocenters. The van der Waals surface area contributed by atoms with Crippen molar-refractivity contribution in [2.45, 2.75) is 25.0 Å². The molecule has 4 nitrogen and oxygen atoms in total. The fourth-order valence-electron chi connectivity index (χ4n) is 2.91. The van der Waals surface area contributed by atoms with Gasteiger partial charge in [-0.15, -0.1) is 11.8 Å². The number of carbonyl (C=O) groups is 1. The maximum atomic E-state index is 12.2. The van der Waals surface area contributed by atoms with Gasteiger partial charge in [0, 0.05) is 18.1 Å². The highest BCUT2D eigenvalue weighted by atomic mass is 32.2. The van der Waals surface area contributed by atoms with Crippen molar-refractivity contribution in [2.24, 2.45) is 0 Å². The Labute approximate surface area is 157 Å². The van der Waals surface area contributed by atoms with E-state index < -0.39 is 0 Å². The van der Waals surface area contributed by atoms with Crippen LogP contribution in [-0.4, -0.2) is 12.5 Å². The highest BCUT2D eigenvalue weighted by Gasteiger charge is 2.29. The third-order valence-electron chi connectivity index (χ3n) is 4.18. The van der Waals surface area contributed by atoms with E-state index in [-0.39, 0.29) is 18.2 Å². The van der Waals surface area contributed by atoms with Crippen LogP contribution in [0.3, 0.4) is 0 Å². The number of amides is 1. The first-order chi connectivity index (χ1) is 12.7. The maximum Gasteiger partial charge on any atom is 0.225 e. The third-order valence-corrected chi connectivity index (χ3v) is 5.26. The zero-order valence-corrected chi connectivity index (χ0v) is 15.4. The number of rotatable bonds is 6. The predicted octanol–water partition coefficient (Wildman–Crippen LogP) is 4.36. The number of nitrogens with zero attached hydrogens (tertiary/aromatic N) is 1. The molecule has 5 heteroatoms. The largest absolute Gasteiger partial charge is 0.494 e. The first kappa shape index (κ1) is 18.1. The molecule has 26 heavy (non-hydrogen) atoms. The van der Waals surface area contributed by atoms with Crippen LogP contribution in [0.5, 0.6) is 5.75 Å². The summed E-state index contributed by atoms with van der Waals surface area (Å²) in [6.07, 6.45) is 0.284. The van der Waals surface area contributed by atoms with Crippen molar-refractivity contribution in [2.75, 3.05) is 6.61 Å². The van der Waals surface area contributed by atoms with E-state index in [0.717, 1.165) is 16.9 Å². The molecule has 1 aliphatic rings. The van der Waals surface area contributed by atoms with Gasteiger partial charge in [-0.25, -0.2) is 0 Å². The fraction of sp³-hybridized carbons (Fsp3) is 0.238. The van der Waals surface area contributed by atoms with Crippen molar-refractivity contribution < 1.29 is 9.53 Å². The van der Waals surface area contributed by atoms with E-state index in [9.17, 15) is 10.1 Å². The second kappa shape index (κ2) is 8.59. The molecule has 0 saturated heterocycles. The molecular weight excluding hydrogens is 344 g/mol. The van der Waals surface area contributed by atoms with Crippen LogP contribution in [0.25, 0.3) is 0 Å². The number of nitriles is 1. The number of hydrogen-bond acceptors (Lipinski definition) is 4. The van der Waals surface area contributed by atoms with Gasteiger partial charge < -0.3 is 10.1 Å². The molecule has 3 rings (SSSR count). The summed E-state index contributed by atoms with van der Waals surface area (Å²) in [6, 6.07) is 20.0. The van der Waals surface area contributed by atoms with E-state index in [1.54, 1.807) is 0 Å². The number of hydrogen-bond donors (Lipinski definition) is 1. The van der Waals surface area contributed by atoms with Gasteiger partial charge in [-0.2, -0.15) is 5.26 Å². The van der Waals surface area contributed by atoms with Crippen LogP contribution in [0.2, 0.25) is 0 Å². The van der Waals surface area contributed by atoms with Crippen molar-refractivity contribution in [1.82, 2.24) is 5.32 Å². The van der Waals surface area contributed by atoms with E-state index >= 15 is 0 Å². The van der Waals surface area contributed by atoms with E-state index in [1.165, 1.54) is 11.8 Å². The van der Waals surface area contributed by atoms with E-state index in [2.05, 4.69) is 11.4 Å². The monoisotopic (exact) mass is 364 g/mol. The molecule has 0 aromatic heterocycles. The molecule has 2 aromatic carbocycles. The van der Waals surface area contributed by atoms with Gasteiger partial charge in [-0.1, -0.05) is 42.5 Å². The van der Waals surface area contributed by atoms with E-state index in [0.29, 0.717) is 23.0 Å². The lowest BCUT2D eigenvalue weighted by molar-refractivity contribution is -0.120. The predicted molar refractivity (Wildman–Crippen MR) is 103 cm³/mol. The summed E-state index contributed by atoms with van der Waals surface area (Å²) in [5.41, 5.74) is 2.73. The molecule has 1 aliphatic heterocycles. The van der Waals surface area contributed by atoms with Gasteiger partial charge in [0.25, 0.3) is 0 Å². The molecule has 1 heterocycles. The fourth-order valence-corrected chi connectivity index (χ4v) is 3.94. The summed E-state index contributed by atoms with van der Waals surface area (Å²) in [7, 11) is 0. The van der Waals surface area contributed by atoms with Crippen LogP contribution >= 0.6 is 11.8 Å². The Morgan fingerprint density at radius 1 is 1.19 bits per heavy atom. The molecule has 0 spiro atoms.